The first-order chi connectivity index (χ1) is 8.57. The smallest absolute Gasteiger partial charge is 0.220 e. The van der Waals surface area contributed by atoms with E-state index >= 15 is 0 Å². The molecule has 0 spiro atoms. The van der Waals surface area contributed by atoms with E-state index in [0.717, 1.165) is 26.2 Å². The average Bonchev–Trinajstić information content (AvgIpc) is 2.31. The highest BCUT2D eigenvalue weighted by molar-refractivity contribution is 5.76. The quantitative estimate of drug-likeness (QED) is 0.865. The van der Waals surface area contributed by atoms with Crippen LogP contribution in [0.1, 0.15) is 24.5 Å². The van der Waals surface area contributed by atoms with Crippen LogP contribution in [0.3, 0.4) is 0 Å². The van der Waals surface area contributed by atoms with Gasteiger partial charge in [-0.25, -0.2) is 0 Å². The lowest BCUT2D eigenvalue weighted by Crippen LogP contribution is -2.48. The van der Waals surface area contributed by atoms with Gasteiger partial charge >= 0.3 is 0 Å². The van der Waals surface area contributed by atoms with Crippen molar-refractivity contribution in [3.8, 4) is 0 Å². The van der Waals surface area contributed by atoms with Crippen molar-refractivity contribution in [1.82, 2.24) is 5.32 Å². The fourth-order valence-corrected chi connectivity index (χ4v) is 2.08. The fourth-order valence-electron chi connectivity index (χ4n) is 2.08. The molecular formula is C15H21NO2. The number of nitrogens with one attached hydrogen (secondary N) is 1. The van der Waals surface area contributed by atoms with E-state index in [9.17, 15) is 4.79 Å². The molecule has 3 heteroatoms. The lowest BCUT2D eigenvalue weighted by molar-refractivity contribution is -0.126. The minimum atomic E-state index is 0.129. The van der Waals surface area contributed by atoms with Crippen LogP contribution in [0.4, 0.5) is 0 Å². The molecule has 0 aliphatic carbocycles. The maximum Gasteiger partial charge on any atom is 0.220 e. The summed E-state index contributed by atoms with van der Waals surface area (Å²) in [7, 11) is 0. The summed E-state index contributed by atoms with van der Waals surface area (Å²) in [6.45, 7) is 6.44. The standard InChI is InChI=1S/C15H21NO2/c1-12-4-3-5-13(8-12)6-7-14(17)16-9-15(2)10-18-11-15/h3-5,8H,6-7,9-11H2,1-2H3,(H,16,17). The third-order valence-electron chi connectivity index (χ3n) is 3.34. The van der Waals surface area contributed by atoms with Crippen molar-refractivity contribution in [3.05, 3.63) is 35.4 Å². The highest BCUT2D eigenvalue weighted by atomic mass is 16.5. The minimum absolute atomic E-state index is 0.129. The molecule has 98 valence electrons. The van der Waals surface area contributed by atoms with Gasteiger partial charge < -0.3 is 10.1 Å². The molecule has 1 fully saturated rings. The molecule has 1 aliphatic heterocycles. The number of aryl methyl sites for hydroxylation is 2. The predicted molar refractivity (Wildman–Crippen MR) is 71.4 cm³/mol. The zero-order valence-electron chi connectivity index (χ0n) is 11.2. The predicted octanol–water partition coefficient (Wildman–Crippen LogP) is 2.08. The molecule has 3 nitrogen and oxygen atoms in total. The second kappa shape index (κ2) is 5.53. The molecule has 1 aromatic carbocycles. The van der Waals surface area contributed by atoms with E-state index in [4.69, 9.17) is 4.74 Å². The van der Waals surface area contributed by atoms with Gasteiger partial charge in [0, 0.05) is 18.4 Å². The van der Waals surface area contributed by atoms with Gasteiger partial charge in [-0.15, -0.1) is 0 Å². The fraction of sp³-hybridized carbons (Fsp3) is 0.533. The lowest BCUT2D eigenvalue weighted by atomic mass is 9.89. The molecule has 1 aromatic rings. The Morgan fingerprint density at radius 1 is 1.44 bits per heavy atom. The van der Waals surface area contributed by atoms with Crippen molar-refractivity contribution in [2.45, 2.75) is 26.7 Å². The maximum absolute atomic E-state index is 11.7. The van der Waals surface area contributed by atoms with Crippen LogP contribution in [0.25, 0.3) is 0 Å². The number of carbonyl (C=O) groups excluding carboxylic acids is 1. The molecule has 0 bridgehead atoms. The number of amides is 1. The van der Waals surface area contributed by atoms with Crippen molar-refractivity contribution >= 4 is 5.91 Å². The molecule has 1 heterocycles. The summed E-state index contributed by atoms with van der Waals surface area (Å²) in [4.78, 5) is 11.7. The van der Waals surface area contributed by atoms with Gasteiger partial charge in [0.25, 0.3) is 0 Å². The summed E-state index contributed by atoms with van der Waals surface area (Å²) in [5, 5.41) is 2.99. The Balaban J connectivity index is 1.71. The first-order valence-corrected chi connectivity index (χ1v) is 6.47. The molecule has 1 saturated heterocycles. The van der Waals surface area contributed by atoms with Crippen molar-refractivity contribution in [2.75, 3.05) is 19.8 Å². The van der Waals surface area contributed by atoms with Gasteiger partial charge in [0.15, 0.2) is 0 Å². The van der Waals surface area contributed by atoms with Gasteiger partial charge in [-0.2, -0.15) is 0 Å². The molecule has 1 N–H and O–H groups in total. The molecule has 1 aliphatic rings. The van der Waals surface area contributed by atoms with Crippen molar-refractivity contribution < 1.29 is 9.53 Å². The summed E-state index contributed by atoms with van der Waals surface area (Å²) in [5.41, 5.74) is 2.62. The van der Waals surface area contributed by atoms with Crippen LogP contribution in [-0.4, -0.2) is 25.7 Å². The van der Waals surface area contributed by atoms with Crippen LogP contribution in [0, 0.1) is 12.3 Å². The third kappa shape index (κ3) is 3.57. The molecular weight excluding hydrogens is 226 g/mol. The van der Waals surface area contributed by atoms with E-state index in [1.165, 1.54) is 11.1 Å². The first kappa shape index (κ1) is 13.1. The number of hydrogen-bond acceptors (Lipinski definition) is 2. The summed E-state index contributed by atoms with van der Waals surface area (Å²) >= 11 is 0. The maximum atomic E-state index is 11.7. The number of hydrogen-bond donors (Lipinski definition) is 1. The second-order valence-electron chi connectivity index (χ2n) is 5.57. The zero-order valence-corrected chi connectivity index (χ0v) is 11.2. The SMILES string of the molecule is Cc1cccc(CCC(=O)NCC2(C)COC2)c1. The molecule has 0 atom stereocenters. The summed E-state index contributed by atoms with van der Waals surface area (Å²) in [6, 6.07) is 8.31. The van der Waals surface area contributed by atoms with E-state index in [0.29, 0.717) is 6.42 Å². The Morgan fingerprint density at radius 2 is 2.22 bits per heavy atom. The zero-order chi connectivity index (χ0) is 13.0. The minimum Gasteiger partial charge on any atom is -0.380 e. The van der Waals surface area contributed by atoms with E-state index in [1.807, 2.05) is 6.07 Å². The summed E-state index contributed by atoms with van der Waals surface area (Å²) in [6.07, 6.45) is 1.36. The van der Waals surface area contributed by atoms with Crippen LogP contribution in [0.2, 0.25) is 0 Å². The average molecular weight is 247 g/mol. The monoisotopic (exact) mass is 247 g/mol. The molecule has 0 aromatic heterocycles. The highest BCUT2D eigenvalue weighted by Gasteiger charge is 2.33. The topological polar surface area (TPSA) is 38.3 Å². The first-order valence-electron chi connectivity index (χ1n) is 6.47. The molecule has 1 amide bonds. The number of ether oxygens (including phenoxy) is 1. The van der Waals surface area contributed by atoms with Gasteiger partial charge in [-0.1, -0.05) is 36.8 Å². The van der Waals surface area contributed by atoms with Gasteiger partial charge in [0.05, 0.1) is 13.2 Å². The van der Waals surface area contributed by atoms with Crippen LogP contribution >= 0.6 is 0 Å². The number of benzene rings is 1. The van der Waals surface area contributed by atoms with Crippen LogP contribution in [0.15, 0.2) is 24.3 Å². The Morgan fingerprint density at radius 3 is 2.83 bits per heavy atom. The van der Waals surface area contributed by atoms with E-state index in [1.54, 1.807) is 0 Å². The van der Waals surface area contributed by atoms with Crippen molar-refractivity contribution in [2.24, 2.45) is 5.41 Å². The van der Waals surface area contributed by atoms with Crippen LogP contribution < -0.4 is 5.32 Å². The van der Waals surface area contributed by atoms with E-state index < -0.39 is 0 Å². The van der Waals surface area contributed by atoms with Crippen molar-refractivity contribution in [1.29, 1.82) is 0 Å². The van der Waals surface area contributed by atoms with Gasteiger partial charge in [-0.05, 0) is 18.9 Å². The summed E-state index contributed by atoms with van der Waals surface area (Å²) < 4.78 is 5.16. The Bertz CT molecular complexity index is 424. The second-order valence-corrected chi connectivity index (χ2v) is 5.57. The van der Waals surface area contributed by atoms with Crippen LogP contribution in [-0.2, 0) is 16.0 Å². The largest absolute Gasteiger partial charge is 0.380 e. The Hall–Kier alpha value is -1.35. The molecule has 2 rings (SSSR count). The third-order valence-corrected chi connectivity index (χ3v) is 3.34. The van der Waals surface area contributed by atoms with E-state index in [-0.39, 0.29) is 11.3 Å². The van der Waals surface area contributed by atoms with E-state index in [2.05, 4.69) is 37.4 Å². The molecule has 0 unspecified atom stereocenters. The summed E-state index contributed by atoms with van der Waals surface area (Å²) in [5.74, 6) is 0.129. The molecule has 0 radical (unpaired) electrons. The van der Waals surface area contributed by atoms with Crippen LogP contribution in [0.5, 0.6) is 0 Å². The van der Waals surface area contributed by atoms with Gasteiger partial charge in [-0.3, -0.25) is 4.79 Å². The number of rotatable bonds is 5. The number of carbonyl (C=O) groups is 1. The molecule has 0 saturated carbocycles. The Labute approximate surface area is 109 Å². The van der Waals surface area contributed by atoms with Gasteiger partial charge in [0.2, 0.25) is 5.91 Å². The van der Waals surface area contributed by atoms with Gasteiger partial charge in [0.1, 0.15) is 0 Å². The normalized spacial score (nSPS) is 17.0. The Kier molecular flexibility index (Phi) is 4.02. The molecule has 18 heavy (non-hydrogen) atoms. The lowest BCUT2D eigenvalue weighted by Gasteiger charge is -2.38. The highest BCUT2D eigenvalue weighted by Crippen LogP contribution is 2.25. The van der Waals surface area contributed by atoms with Crippen molar-refractivity contribution in [3.63, 3.8) is 0 Å².